The first-order chi connectivity index (χ1) is 11.4. The SMILES string of the molecule is Cc1ccc(N2CCC3(CCC(=O)N([C@@H](C)C(=O)O)C3)CC2)nn1. The largest absolute Gasteiger partial charge is 0.480 e. The van der Waals surface area contributed by atoms with Gasteiger partial charge in [-0.15, -0.1) is 5.10 Å². The number of carbonyl (C=O) groups is 2. The Hall–Kier alpha value is -2.18. The number of carbonyl (C=O) groups excluding carboxylic acids is 1. The van der Waals surface area contributed by atoms with E-state index >= 15 is 0 Å². The first-order valence-electron chi connectivity index (χ1n) is 8.48. The molecule has 0 saturated carbocycles. The minimum atomic E-state index is -0.937. The maximum absolute atomic E-state index is 12.1. The molecule has 0 aromatic carbocycles. The maximum atomic E-state index is 12.1. The molecule has 1 atom stereocenters. The van der Waals surface area contributed by atoms with E-state index in [9.17, 15) is 14.7 Å². The van der Waals surface area contributed by atoms with E-state index in [4.69, 9.17) is 0 Å². The number of rotatable bonds is 3. The predicted molar refractivity (Wildman–Crippen MR) is 88.7 cm³/mol. The molecule has 1 aromatic heterocycles. The fourth-order valence-corrected chi connectivity index (χ4v) is 3.71. The van der Waals surface area contributed by atoms with Gasteiger partial charge in [-0.2, -0.15) is 5.10 Å². The lowest BCUT2D eigenvalue weighted by atomic mass is 9.72. The third-order valence-corrected chi connectivity index (χ3v) is 5.45. The zero-order chi connectivity index (χ0) is 17.3. The molecule has 7 heteroatoms. The highest BCUT2D eigenvalue weighted by Crippen LogP contribution is 2.41. The third kappa shape index (κ3) is 3.20. The van der Waals surface area contributed by atoms with Gasteiger partial charge in [0, 0.05) is 26.1 Å². The van der Waals surface area contributed by atoms with E-state index in [1.165, 1.54) is 0 Å². The standard InChI is InChI=1S/C17H24N4O3/c1-12-3-4-14(19-18-12)20-9-7-17(8-10-20)6-5-15(22)21(11-17)13(2)16(23)24/h3-4,13H,5-11H2,1-2H3,(H,23,24)/t13-/m0/s1. The summed E-state index contributed by atoms with van der Waals surface area (Å²) in [5.74, 6) is -0.0896. The van der Waals surface area contributed by atoms with Crippen molar-refractivity contribution in [3.8, 4) is 0 Å². The zero-order valence-electron chi connectivity index (χ0n) is 14.2. The molecule has 3 heterocycles. The van der Waals surface area contributed by atoms with Gasteiger partial charge in [-0.05, 0) is 50.7 Å². The molecule has 0 aliphatic carbocycles. The van der Waals surface area contributed by atoms with Gasteiger partial charge in [-0.1, -0.05) is 0 Å². The molecule has 2 aliphatic rings. The van der Waals surface area contributed by atoms with Gasteiger partial charge in [-0.3, -0.25) is 4.79 Å². The second-order valence-electron chi connectivity index (χ2n) is 7.06. The molecule has 2 fully saturated rings. The van der Waals surface area contributed by atoms with Crippen molar-refractivity contribution < 1.29 is 14.7 Å². The number of piperidine rings is 2. The Bertz CT molecular complexity index is 623. The Morgan fingerprint density at radius 3 is 2.54 bits per heavy atom. The van der Waals surface area contributed by atoms with Gasteiger partial charge in [0.25, 0.3) is 0 Å². The first-order valence-corrected chi connectivity index (χ1v) is 8.48. The van der Waals surface area contributed by atoms with Crippen molar-refractivity contribution in [1.82, 2.24) is 15.1 Å². The zero-order valence-corrected chi connectivity index (χ0v) is 14.2. The van der Waals surface area contributed by atoms with Crippen molar-refractivity contribution in [3.63, 3.8) is 0 Å². The number of nitrogens with zero attached hydrogens (tertiary/aromatic N) is 4. The van der Waals surface area contributed by atoms with Crippen LogP contribution in [0.2, 0.25) is 0 Å². The molecule has 0 radical (unpaired) electrons. The second-order valence-corrected chi connectivity index (χ2v) is 7.06. The molecule has 24 heavy (non-hydrogen) atoms. The molecular weight excluding hydrogens is 308 g/mol. The number of hydrogen-bond acceptors (Lipinski definition) is 5. The van der Waals surface area contributed by atoms with Crippen molar-refractivity contribution in [3.05, 3.63) is 17.8 Å². The summed E-state index contributed by atoms with van der Waals surface area (Å²) < 4.78 is 0. The van der Waals surface area contributed by atoms with E-state index in [-0.39, 0.29) is 11.3 Å². The molecule has 1 N–H and O–H groups in total. The second kappa shape index (κ2) is 6.37. The highest BCUT2D eigenvalue weighted by atomic mass is 16.4. The van der Waals surface area contributed by atoms with Crippen LogP contribution in [-0.4, -0.2) is 57.8 Å². The maximum Gasteiger partial charge on any atom is 0.326 e. The van der Waals surface area contributed by atoms with Gasteiger partial charge >= 0.3 is 5.97 Å². The molecule has 2 saturated heterocycles. The van der Waals surface area contributed by atoms with Crippen molar-refractivity contribution >= 4 is 17.7 Å². The Balaban J connectivity index is 1.67. The normalized spacial score (nSPS) is 21.8. The number of carboxylic acid groups (broad SMARTS) is 1. The first kappa shape index (κ1) is 16.7. The molecule has 0 bridgehead atoms. The number of anilines is 1. The Labute approximate surface area is 141 Å². The monoisotopic (exact) mass is 332 g/mol. The van der Waals surface area contributed by atoms with Crippen LogP contribution in [0.25, 0.3) is 0 Å². The minimum Gasteiger partial charge on any atom is -0.480 e. The van der Waals surface area contributed by atoms with E-state index in [1.807, 2.05) is 19.1 Å². The van der Waals surface area contributed by atoms with Gasteiger partial charge in [0.1, 0.15) is 6.04 Å². The van der Waals surface area contributed by atoms with Crippen molar-refractivity contribution in [2.75, 3.05) is 24.5 Å². The van der Waals surface area contributed by atoms with Crippen LogP contribution in [0.5, 0.6) is 0 Å². The molecule has 2 aliphatic heterocycles. The highest BCUT2D eigenvalue weighted by Gasteiger charge is 2.43. The van der Waals surface area contributed by atoms with Gasteiger partial charge in [0.05, 0.1) is 5.69 Å². The van der Waals surface area contributed by atoms with Crippen molar-refractivity contribution in [1.29, 1.82) is 0 Å². The number of hydrogen-bond donors (Lipinski definition) is 1. The van der Waals surface area contributed by atoms with E-state index < -0.39 is 12.0 Å². The lowest BCUT2D eigenvalue weighted by molar-refractivity contribution is -0.154. The average Bonchev–Trinajstić information content (AvgIpc) is 2.58. The van der Waals surface area contributed by atoms with E-state index in [2.05, 4.69) is 15.1 Å². The van der Waals surface area contributed by atoms with Crippen LogP contribution in [0.15, 0.2) is 12.1 Å². The molecule has 7 nitrogen and oxygen atoms in total. The third-order valence-electron chi connectivity index (χ3n) is 5.45. The lowest BCUT2D eigenvalue weighted by Crippen LogP contribution is -2.55. The van der Waals surface area contributed by atoms with Crippen LogP contribution in [0.4, 0.5) is 5.82 Å². The summed E-state index contributed by atoms with van der Waals surface area (Å²) in [6.07, 6.45) is 3.18. The molecule has 1 aromatic rings. The van der Waals surface area contributed by atoms with Gasteiger partial charge < -0.3 is 14.9 Å². The summed E-state index contributed by atoms with van der Waals surface area (Å²) in [7, 11) is 0. The van der Waals surface area contributed by atoms with Crippen LogP contribution in [0, 0.1) is 12.3 Å². The molecule has 130 valence electrons. The van der Waals surface area contributed by atoms with E-state index in [0.29, 0.717) is 13.0 Å². The van der Waals surface area contributed by atoms with Crippen molar-refractivity contribution in [2.24, 2.45) is 5.41 Å². The van der Waals surface area contributed by atoms with E-state index in [0.717, 1.165) is 43.9 Å². The molecule has 3 rings (SSSR count). The quantitative estimate of drug-likeness (QED) is 0.902. The van der Waals surface area contributed by atoms with Gasteiger partial charge in [-0.25, -0.2) is 4.79 Å². The molecule has 1 amide bonds. The highest BCUT2D eigenvalue weighted by molar-refractivity contribution is 5.84. The lowest BCUT2D eigenvalue weighted by Gasteiger charge is -2.48. The van der Waals surface area contributed by atoms with Crippen LogP contribution in [0.3, 0.4) is 0 Å². The molecular formula is C17H24N4O3. The Morgan fingerprint density at radius 1 is 1.25 bits per heavy atom. The number of carboxylic acids is 1. The van der Waals surface area contributed by atoms with Crippen molar-refractivity contribution in [2.45, 2.75) is 45.6 Å². The fourth-order valence-electron chi connectivity index (χ4n) is 3.71. The Kier molecular flexibility index (Phi) is 4.43. The van der Waals surface area contributed by atoms with E-state index in [1.54, 1.807) is 11.8 Å². The minimum absolute atomic E-state index is 0.0340. The van der Waals surface area contributed by atoms with Crippen LogP contribution in [-0.2, 0) is 9.59 Å². The summed E-state index contributed by atoms with van der Waals surface area (Å²) >= 11 is 0. The summed E-state index contributed by atoms with van der Waals surface area (Å²) in [5, 5.41) is 17.6. The van der Waals surface area contributed by atoms with Crippen LogP contribution >= 0.6 is 0 Å². The number of amides is 1. The summed E-state index contributed by atoms with van der Waals surface area (Å²) in [6.45, 7) is 5.78. The smallest absolute Gasteiger partial charge is 0.326 e. The molecule has 0 unspecified atom stereocenters. The number of aromatic nitrogens is 2. The molecule has 1 spiro atoms. The summed E-state index contributed by atoms with van der Waals surface area (Å²) in [5.41, 5.74) is 0.933. The van der Waals surface area contributed by atoms with Gasteiger partial charge in [0.15, 0.2) is 5.82 Å². The summed E-state index contributed by atoms with van der Waals surface area (Å²) in [6, 6.07) is 3.20. The topological polar surface area (TPSA) is 86.6 Å². The number of likely N-dealkylation sites (tertiary alicyclic amines) is 1. The number of aryl methyl sites for hydroxylation is 1. The Morgan fingerprint density at radius 2 is 1.96 bits per heavy atom. The number of aliphatic carboxylic acids is 1. The average molecular weight is 332 g/mol. The van der Waals surface area contributed by atoms with Crippen LogP contribution < -0.4 is 4.90 Å². The van der Waals surface area contributed by atoms with Crippen LogP contribution in [0.1, 0.15) is 38.3 Å². The fraction of sp³-hybridized carbons (Fsp3) is 0.647. The summed E-state index contributed by atoms with van der Waals surface area (Å²) in [4.78, 5) is 27.2. The van der Waals surface area contributed by atoms with Gasteiger partial charge in [0.2, 0.25) is 5.91 Å². The predicted octanol–water partition coefficient (Wildman–Crippen LogP) is 1.47.